The van der Waals surface area contributed by atoms with Crippen molar-refractivity contribution in [1.29, 1.82) is 0 Å². The summed E-state index contributed by atoms with van der Waals surface area (Å²) >= 11 is 0. The Morgan fingerprint density at radius 3 is 2.69 bits per heavy atom. The first-order chi connectivity index (χ1) is 12.4. The summed E-state index contributed by atoms with van der Waals surface area (Å²) in [7, 11) is 0. The predicted molar refractivity (Wildman–Crippen MR) is 101 cm³/mol. The Balaban J connectivity index is 1.55. The smallest absolute Gasteiger partial charge is 0.328 e. The molecule has 0 unspecified atom stereocenters. The van der Waals surface area contributed by atoms with Crippen LogP contribution < -0.4 is 5.32 Å². The van der Waals surface area contributed by atoms with E-state index in [-0.39, 0.29) is 0 Å². The maximum Gasteiger partial charge on any atom is 0.328 e. The van der Waals surface area contributed by atoms with Gasteiger partial charge in [0.1, 0.15) is 11.3 Å². The highest BCUT2D eigenvalue weighted by atomic mass is 16.4. The van der Waals surface area contributed by atoms with Crippen LogP contribution in [0.25, 0.3) is 6.08 Å². The fourth-order valence-electron chi connectivity index (χ4n) is 4.18. The molecule has 4 rings (SSSR count). The van der Waals surface area contributed by atoms with Crippen LogP contribution in [0, 0.1) is 0 Å². The molecule has 5 heteroatoms. The molecule has 2 aromatic rings. The van der Waals surface area contributed by atoms with E-state index in [0.29, 0.717) is 13.0 Å². The molecule has 2 atom stereocenters. The number of fused-ring (bicyclic) bond motifs is 3. The number of aliphatic hydroxyl groups is 1. The third kappa shape index (κ3) is 2.52. The summed E-state index contributed by atoms with van der Waals surface area (Å²) in [5, 5.41) is 23.6. The van der Waals surface area contributed by atoms with Crippen molar-refractivity contribution in [3.05, 3.63) is 71.3 Å². The van der Waals surface area contributed by atoms with Gasteiger partial charge in [-0.05, 0) is 36.6 Å². The van der Waals surface area contributed by atoms with Gasteiger partial charge in [-0.15, -0.1) is 0 Å². The number of para-hydroxylation sites is 1. The zero-order chi connectivity index (χ0) is 18.4. The van der Waals surface area contributed by atoms with Crippen LogP contribution in [0.3, 0.4) is 0 Å². The lowest BCUT2D eigenvalue weighted by Gasteiger charge is -2.40. The van der Waals surface area contributed by atoms with Crippen LogP contribution in [0.15, 0.2) is 54.6 Å². The summed E-state index contributed by atoms with van der Waals surface area (Å²) in [6.07, 6.45) is 3.40. The van der Waals surface area contributed by atoms with Crippen molar-refractivity contribution in [2.45, 2.75) is 31.2 Å². The largest absolute Gasteiger partial charge is 0.478 e. The predicted octanol–water partition coefficient (Wildman–Crippen LogP) is 3.02. The van der Waals surface area contributed by atoms with Crippen LogP contribution in [-0.2, 0) is 16.9 Å². The molecule has 5 nitrogen and oxygen atoms in total. The van der Waals surface area contributed by atoms with Crippen molar-refractivity contribution in [1.82, 2.24) is 4.90 Å². The minimum Gasteiger partial charge on any atom is -0.478 e. The molecule has 2 aromatic carbocycles. The first kappa shape index (κ1) is 16.8. The van der Waals surface area contributed by atoms with Crippen molar-refractivity contribution in [2.75, 3.05) is 11.9 Å². The molecule has 134 valence electrons. The second-order valence-electron chi connectivity index (χ2n) is 7.19. The summed E-state index contributed by atoms with van der Waals surface area (Å²) < 4.78 is 0. The highest BCUT2D eigenvalue weighted by Crippen LogP contribution is 2.53. The summed E-state index contributed by atoms with van der Waals surface area (Å²) in [5.74, 6) is -0.953. The van der Waals surface area contributed by atoms with Gasteiger partial charge in [0.25, 0.3) is 0 Å². The number of nitrogens with zero attached hydrogens (tertiary/aromatic N) is 1. The summed E-state index contributed by atoms with van der Waals surface area (Å²) in [6.45, 7) is 3.57. The van der Waals surface area contributed by atoms with Crippen molar-refractivity contribution in [2.24, 2.45) is 0 Å². The van der Waals surface area contributed by atoms with Gasteiger partial charge in [0.05, 0.1) is 0 Å². The molecule has 0 saturated carbocycles. The first-order valence-corrected chi connectivity index (χ1v) is 8.77. The molecule has 0 spiro atoms. The highest BCUT2D eigenvalue weighted by molar-refractivity contribution is 5.85. The monoisotopic (exact) mass is 350 g/mol. The van der Waals surface area contributed by atoms with E-state index in [9.17, 15) is 9.90 Å². The van der Waals surface area contributed by atoms with E-state index in [0.717, 1.165) is 35.0 Å². The maximum absolute atomic E-state index is 11.4. The maximum atomic E-state index is 11.4. The molecule has 2 aliphatic rings. The normalized spacial score (nSPS) is 27.3. The van der Waals surface area contributed by atoms with Crippen LogP contribution in [-0.4, -0.2) is 33.3 Å². The molecule has 2 heterocycles. The van der Waals surface area contributed by atoms with Crippen LogP contribution in [0.5, 0.6) is 0 Å². The first-order valence-electron chi connectivity index (χ1n) is 8.77. The molecule has 0 aromatic heterocycles. The molecule has 3 N–H and O–H groups in total. The third-order valence-corrected chi connectivity index (χ3v) is 5.70. The molecular weight excluding hydrogens is 328 g/mol. The Morgan fingerprint density at radius 2 is 1.96 bits per heavy atom. The Hall–Kier alpha value is -2.63. The molecule has 1 saturated heterocycles. The number of carboxylic acid groups (broad SMARTS) is 1. The van der Waals surface area contributed by atoms with Crippen LogP contribution >= 0.6 is 0 Å². The molecule has 0 radical (unpaired) electrons. The minimum absolute atomic E-state index is 0.543. The zero-order valence-corrected chi connectivity index (χ0v) is 14.6. The van der Waals surface area contributed by atoms with Gasteiger partial charge in [0, 0.05) is 30.4 Å². The van der Waals surface area contributed by atoms with E-state index >= 15 is 0 Å². The molecular formula is C21H22N2O3. The quantitative estimate of drug-likeness (QED) is 0.739. The van der Waals surface area contributed by atoms with Gasteiger partial charge in [0.2, 0.25) is 0 Å². The van der Waals surface area contributed by atoms with Crippen molar-refractivity contribution in [3.8, 4) is 0 Å². The van der Waals surface area contributed by atoms with Crippen LogP contribution in [0.4, 0.5) is 5.69 Å². The Labute approximate surface area is 152 Å². The summed E-state index contributed by atoms with van der Waals surface area (Å²) in [4.78, 5) is 12.9. The fraction of sp³-hybridized carbons (Fsp3) is 0.286. The van der Waals surface area contributed by atoms with Gasteiger partial charge in [0.15, 0.2) is 0 Å². The minimum atomic E-state index is -0.953. The number of hydrogen-bond donors (Lipinski definition) is 3. The number of aliphatic carboxylic acids is 1. The lowest BCUT2D eigenvalue weighted by molar-refractivity contribution is -0.131. The summed E-state index contributed by atoms with van der Waals surface area (Å²) in [6, 6.07) is 15.8. The van der Waals surface area contributed by atoms with Gasteiger partial charge in [-0.2, -0.15) is 0 Å². The molecule has 26 heavy (non-hydrogen) atoms. The van der Waals surface area contributed by atoms with E-state index in [1.807, 2.05) is 48.5 Å². The standard InChI is InChI=1S/C21H22N2O3/c1-20-21(26,17-4-2-3-5-18(17)22-20)12-13-23(20)14-16-8-6-15(7-9-16)10-11-19(24)25/h2-11,22,26H,12-14H2,1H3,(H,24,25)/b11-10+/t20-,21+/m0/s1. The van der Waals surface area contributed by atoms with Crippen molar-refractivity contribution >= 4 is 17.7 Å². The second kappa shape index (κ2) is 5.97. The van der Waals surface area contributed by atoms with Crippen molar-refractivity contribution in [3.63, 3.8) is 0 Å². The number of benzene rings is 2. The van der Waals surface area contributed by atoms with E-state index in [1.165, 1.54) is 0 Å². The number of anilines is 1. The zero-order valence-electron chi connectivity index (χ0n) is 14.6. The third-order valence-electron chi connectivity index (χ3n) is 5.70. The molecule has 0 bridgehead atoms. The molecule has 1 fully saturated rings. The van der Waals surface area contributed by atoms with Crippen LogP contribution in [0.2, 0.25) is 0 Å². The Bertz CT molecular complexity index is 877. The van der Waals surface area contributed by atoms with E-state index in [1.54, 1.807) is 6.08 Å². The molecule has 2 aliphatic heterocycles. The number of carbonyl (C=O) groups is 1. The Morgan fingerprint density at radius 1 is 1.23 bits per heavy atom. The average molecular weight is 350 g/mol. The average Bonchev–Trinajstić information content (AvgIpc) is 3.00. The SMILES string of the molecule is C[C@@]12Nc3ccccc3[C@]1(O)CCN2Cc1ccc(/C=C/C(=O)O)cc1. The van der Waals surface area contributed by atoms with Gasteiger partial charge >= 0.3 is 5.97 Å². The number of carboxylic acids is 1. The van der Waals surface area contributed by atoms with Gasteiger partial charge in [-0.25, -0.2) is 4.79 Å². The van der Waals surface area contributed by atoms with Gasteiger partial charge < -0.3 is 15.5 Å². The van der Waals surface area contributed by atoms with E-state index in [4.69, 9.17) is 5.11 Å². The molecule has 0 aliphatic carbocycles. The van der Waals surface area contributed by atoms with E-state index in [2.05, 4.69) is 17.1 Å². The van der Waals surface area contributed by atoms with Crippen molar-refractivity contribution < 1.29 is 15.0 Å². The fourth-order valence-corrected chi connectivity index (χ4v) is 4.18. The number of hydrogen-bond acceptors (Lipinski definition) is 4. The lowest BCUT2D eigenvalue weighted by Crippen LogP contribution is -2.55. The summed E-state index contributed by atoms with van der Waals surface area (Å²) in [5.41, 5.74) is 2.51. The second-order valence-corrected chi connectivity index (χ2v) is 7.19. The van der Waals surface area contributed by atoms with Gasteiger partial charge in [-0.3, -0.25) is 4.90 Å². The molecule has 0 amide bonds. The topological polar surface area (TPSA) is 72.8 Å². The number of likely N-dealkylation sites (tertiary alicyclic amines) is 1. The van der Waals surface area contributed by atoms with Gasteiger partial charge in [-0.1, -0.05) is 42.5 Å². The van der Waals surface area contributed by atoms with E-state index < -0.39 is 17.2 Å². The number of nitrogens with one attached hydrogen (secondary N) is 1. The highest BCUT2D eigenvalue weighted by Gasteiger charge is 2.61. The lowest BCUT2D eigenvalue weighted by atomic mass is 9.86. The Kier molecular flexibility index (Phi) is 3.86. The van der Waals surface area contributed by atoms with Crippen LogP contribution in [0.1, 0.15) is 30.0 Å². The number of rotatable bonds is 4.